The van der Waals surface area contributed by atoms with Crippen molar-refractivity contribution in [3.05, 3.63) is 133 Å². The highest BCUT2D eigenvalue weighted by molar-refractivity contribution is 6.92. The summed E-state index contributed by atoms with van der Waals surface area (Å²) in [5.41, 5.74) is 13.1. The quantitative estimate of drug-likeness (QED) is 0.233. The van der Waals surface area contributed by atoms with Crippen LogP contribution in [0.15, 0.2) is 133 Å². The first kappa shape index (κ1) is 19.7. The summed E-state index contributed by atoms with van der Waals surface area (Å²) in [4.78, 5) is 2.57. The van der Waals surface area contributed by atoms with Crippen molar-refractivity contribution in [2.75, 3.05) is 4.81 Å². The SMILES string of the molecule is c1ccc(-c2ccc3c(c2)-c2ccccc2B2c4ccc5ccccc5c4-c4ccccc4N23)cc1. The van der Waals surface area contributed by atoms with E-state index in [0.717, 1.165) is 0 Å². The van der Waals surface area contributed by atoms with Crippen molar-refractivity contribution < 1.29 is 0 Å². The van der Waals surface area contributed by atoms with E-state index in [1.54, 1.807) is 0 Å². The molecule has 2 heterocycles. The lowest BCUT2D eigenvalue weighted by Crippen LogP contribution is -2.59. The van der Waals surface area contributed by atoms with Gasteiger partial charge in [0, 0.05) is 22.5 Å². The van der Waals surface area contributed by atoms with Crippen LogP contribution in [-0.2, 0) is 0 Å². The van der Waals surface area contributed by atoms with E-state index in [1.807, 2.05) is 0 Å². The maximum Gasteiger partial charge on any atom is 0.329 e. The predicted octanol–water partition coefficient (Wildman–Crippen LogP) is 7.41. The van der Waals surface area contributed by atoms with Crippen LogP contribution in [0.3, 0.4) is 0 Å². The number of para-hydroxylation sites is 1. The van der Waals surface area contributed by atoms with Gasteiger partial charge >= 0.3 is 6.85 Å². The minimum Gasteiger partial charge on any atom is -0.376 e. The highest BCUT2D eigenvalue weighted by atomic mass is 15.1. The Bertz CT molecular complexity index is 1800. The van der Waals surface area contributed by atoms with E-state index in [0.29, 0.717) is 0 Å². The van der Waals surface area contributed by atoms with Gasteiger partial charge < -0.3 is 4.81 Å². The summed E-state index contributed by atoms with van der Waals surface area (Å²) in [7, 11) is 0. The van der Waals surface area contributed by atoms with Crippen LogP contribution in [-0.4, -0.2) is 6.85 Å². The predicted molar refractivity (Wildman–Crippen MR) is 154 cm³/mol. The Morgan fingerprint density at radius 1 is 0.444 bits per heavy atom. The number of anilines is 2. The molecule has 2 aliphatic heterocycles. The van der Waals surface area contributed by atoms with Gasteiger partial charge in [0.2, 0.25) is 0 Å². The topological polar surface area (TPSA) is 3.24 Å². The minimum absolute atomic E-state index is 0.130. The van der Waals surface area contributed by atoms with E-state index < -0.39 is 0 Å². The van der Waals surface area contributed by atoms with Crippen LogP contribution in [0.2, 0.25) is 0 Å². The van der Waals surface area contributed by atoms with Crippen LogP contribution in [0.1, 0.15) is 0 Å². The molecular weight excluding hydrogens is 433 g/mol. The first-order valence-electron chi connectivity index (χ1n) is 12.6. The van der Waals surface area contributed by atoms with Crippen molar-refractivity contribution in [1.82, 2.24) is 0 Å². The number of hydrogen-bond donors (Lipinski definition) is 0. The van der Waals surface area contributed by atoms with E-state index >= 15 is 0 Å². The standard InChI is InChI=1S/C34H22BN/c1-2-10-23(11-3-1)25-19-21-33-29(22-25)27-14-6-8-16-30(27)35-31-20-18-24-12-4-5-13-26(24)34(31)28-15-7-9-17-32(28)36(33)35/h1-22H. The van der Waals surface area contributed by atoms with E-state index in [2.05, 4.69) is 138 Å². The molecule has 2 heteroatoms. The van der Waals surface area contributed by atoms with Crippen molar-refractivity contribution in [3.8, 4) is 33.4 Å². The van der Waals surface area contributed by atoms with Gasteiger partial charge in [-0.2, -0.15) is 0 Å². The molecule has 0 saturated heterocycles. The maximum absolute atomic E-state index is 2.57. The van der Waals surface area contributed by atoms with Gasteiger partial charge in [0.25, 0.3) is 0 Å². The van der Waals surface area contributed by atoms with Gasteiger partial charge in [-0.05, 0) is 62.2 Å². The molecule has 0 N–H and O–H groups in total. The molecule has 0 unspecified atom stereocenters. The molecule has 0 aromatic heterocycles. The van der Waals surface area contributed by atoms with E-state index in [4.69, 9.17) is 0 Å². The van der Waals surface area contributed by atoms with Gasteiger partial charge in [-0.25, -0.2) is 0 Å². The maximum atomic E-state index is 2.57. The Hall–Kier alpha value is -4.56. The molecule has 0 saturated carbocycles. The zero-order valence-corrected chi connectivity index (χ0v) is 19.7. The van der Waals surface area contributed by atoms with E-state index in [-0.39, 0.29) is 6.85 Å². The summed E-state index contributed by atoms with van der Waals surface area (Å²) in [6.07, 6.45) is 0. The Labute approximate surface area is 211 Å². The van der Waals surface area contributed by atoms with Crippen LogP contribution < -0.4 is 15.7 Å². The van der Waals surface area contributed by atoms with Crippen molar-refractivity contribution in [2.45, 2.75) is 0 Å². The van der Waals surface area contributed by atoms with Gasteiger partial charge in [-0.15, -0.1) is 0 Å². The number of rotatable bonds is 1. The van der Waals surface area contributed by atoms with Crippen molar-refractivity contribution in [3.63, 3.8) is 0 Å². The smallest absolute Gasteiger partial charge is 0.329 e. The zero-order valence-electron chi connectivity index (χ0n) is 19.7. The van der Waals surface area contributed by atoms with Crippen molar-refractivity contribution in [2.24, 2.45) is 0 Å². The normalized spacial score (nSPS) is 12.9. The Morgan fingerprint density at radius 3 is 2.08 bits per heavy atom. The van der Waals surface area contributed by atoms with E-state index in [9.17, 15) is 0 Å². The summed E-state index contributed by atoms with van der Waals surface area (Å²) in [6.45, 7) is 0.130. The largest absolute Gasteiger partial charge is 0.376 e. The molecule has 0 amide bonds. The second-order valence-electron chi connectivity index (χ2n) is 9.73. The third-order valence-electron chi connectivity index (χ3n) is 7.86. The first-order chi connectivity index (χ1) is 17.9. The molecule has 0 aliphatic carbocycles. The van der Waals surface area contributed by atoms with Gasteiger partial charge in [0.05, 0.1) is 0 Å². The summed E-state index contributed by atoms with van der Waals surface area (Å²) < 4.78 is 0. The fourth-order valence-corrected chi connectivity index (χ4v) is 6.32. The van der Waals surface area contributed by atoms with E-state index in [1.165, 1.54) is 66.5 Å². The number of hydrogen-bond acceptors (Lipinski definition) is 1. The van der Waals surface area contributed by atoms with Gasteiger partial charge in [-0.1, -0.05) is 115 Å². The first-order valence-corrected chi connectivity index (χ1v) is 12.6. The second-order valence-corrected chi connectivity index (χ2v) is 9.73. The fourth-order valence-electron chi connectivity index (χ4n) is 6.32. The highest BCUT2D eigenvalue weighted by Gasteiger charge is 2.42. The molecule has 0 radical (unpaired) electrons. The molecule has 0 fully saturated rings. The fraction of sp³-hybridized carbons (Fsp3) is 0. The van der Waals surface area contributed by atoms with Gasteiger partial charge in [-0.3, -0.25) is 0 Å². The van der Waals surface area contributed by atoms with Crippen LogP contribution in [0, 0.1) is 0 Å². The molecule has 166 valence electrons. The highest BCUT2D eigenvalue weighted by Crippen LogP contribution is 2.47. The average Bonchev–Trinajstić information content (AvgIpc) is 2.96. The molecule has 0 atom stereocenters. The van der Waals surface area contributed by atoms with Crippen molar-refractivity contribution in [1.29, 1.82) is 0 Å². The summed E-state index contributed by atoms with van der Waals surface area (Å²) >= 11 is 0. The molecule has 36 heavy (non-hydrogen) atoms. The molecule has 2 aliphatic rings. The Balaban J connectivity index is 1.46. The number of benzene rings is 6. The lowest BCUT2D eigenvalue weighted by atomic mass is 9.43. The monoisotopic (exact) mass is 455 g/mol. The average molecular weight is 455 g/mol. The molecule has 0 bridgehead atoms. The van der Waals surface area contributed by atoms with Gasteiger partial charge in [0.15, 0.2) is 0 Å². The summed E-state index contributed by atoms with van der Waals surface area (Å²) in [6, 6.07) is 49.0. The minimum atomic E-state index is 0.130. The molecule has 6 aromatic rings. The summed E-state index contributed by atoms with van der Waals surface area (Å²) in [5, 5.41) is 2.61. The van der Waals surface area contributed by atoms with Crippen LogP contribution in [0.5, 0.6) is 0 Å². The van der Waals surface area contributed by atoms with Crippen molar-refractivity contribution >= 4 is 39.9 Å². The lowest BCUT2D eigenvalue weighted by Gasteiger charge is -2.43. The van der Waals surface area contributed by atoms with Crippen LogP contribution in [0.25, 0.3) is 44.2 Å². The second kappa shape index (κ2) is 7.47. The molecule has 1 nitrogen and oxygen atoms in total. The number of nitrogens with zero attached hydrogens (tertiary/aromatic N) is 1. The molecular formula is C34H22BN. The Kier molecular flexibility index (Phi) is 4.09. The third-order valence-corrected chi connectivity index (χ3v) is 7.86. The van der Waals surface area contributed by atoms with Crippen LogP contribution >= 0.6 is 0 Å². The van der Waals surface area contributed by atoms with Gasteiger partial charge in [0.1, 0.15) is 0 Å². The third kappa shape index (κ3) is 2.67. The summed E-state index contributed by atoms with van der Waals surface area (Å²) in [5.74, 6) is 0. The number of fused-ring (bicyclic) bond motifs is 13. The molecule has 8 rings (SSSR count). The molecule has 0 spiro atoms. The Morgan fingerprint density at radius 2 is 1.17 bits per heavy atom. The van der Waals surface area contributed by atoms with Crippen LogP contribution in [0.4, 0.5) is 11.4 Å². The zero-order chi connectivity index (χ0) is 23.6. The molecule has 6 aromatic carbocycles. The lowest BCUT2D eigenvalue weighted by molar-refractivity contribution is 1.35.